The van der Waals surface area contributed by atoms with Crippen molar-refractivity contribution in [2.24, 2.45) is 0 Å². The van der Waals surface area contributed by atoms with Gasteiger partial charge in [0.2, 0.25) is 0 Å². The highest BCUT2D eigenvalue weighted by molar-refractivity contribution is 9.10. The quantitative estimate of drug-likeness (QED) is 0.858. The second kappa shape index (κ2) is 6.91. The topological polar surface area (TPSA) is 15.3 Å². The maximum Gasteiger partial charge on any atom is 0.0467 e. The molecule has 0 aromatic heterocycles. The van der Waals surface area contributed by atoms with Gasteiger partial charge in [0.05, 0.1) is 0 Å². The summed E-state index contributed by atoms with van der Waals surface area (Å²) >= 11 is 3.58. The summed E-state index contributed by atoms with van der Waals surface area (Å²) in [7, 11) is 1.98. The van der Waals surface area contributed by atoms with Crippen LogP contribution in [-0.2, 0) is 6.54 Å². The Bertz CT molecular complexity index is 581. The van der Waals surface area contributed by atoms with Gasteiger partial charge in [0, 0.05) is 28.9 Å². The van der Waals surface area contributed by atoms with Crippen molar-refractivity contribution in [1.29, 1.82) is 0 Å². The van der Waals surface area contributed by atoms with Crippen molar-refractivity contribution < 1.29 is 0 Å². The Hall–Kier alpha value is -1.32. The van der Waals surface area contributed by atoms with E-state index in [9.17, 15) is 0 Å². The first-order chi connectivity index (χ1) is 9.65. The second-order valence-electron chi connectivity index (χ2n) is 4.89. The van der Waals surface area contributed by atoms with Gasteiger partial charge in [-0.25, -0.2) is 0 Å². The summed E-state index contributed by atoms with van der Waals surface area (Å²) in [6, 6.07) is 15.1. The fraction of sp³-hybridized carbons (Fsp3) is 0.294. The first-order valence-corrected chi connectivity index (χ1v) is 7.72. The Morgan fingerprint density at radius 2 is 1.95 bits per heavy atom. The molecular formula is C17H21BrN2. The van der Waals surface area contributed by atoms with E-state index < -0.39 is 0 Å². The van der Waals surface area contributed by atoms with E-state index in [4.69, 9.17) is 0 Å². The van der Waals surface area contributed by atoms with Gasteiger partial charge in [-0.3, -0.25) is 0 Å². The number of anilines is 2. The van der Waals surface area contributed by atoms with Crippen molar-refractivity contribution in [1.82, 2.24) is 5.32 Å². The van der Waals surface area contributed by atoms with Crippen LogP contribution in [-0.4, -0.2) is 13.6 Å². The van der Waals surface area contributed by atoms with Crippen molar-refractivity contribution in [2.75, 3.05) is 18.5 Å². The van der Waals surface area contributed by atoms with Crippen LogP contribution in [0.3, 0.4) is 0 Å². The first kappa shape index (κ1) is 15.1. The highest BCUT2D eigenvalue weighted by Gasteiger charge is 2.12. The average Bonchev–Trinajstić information content (AvgIpc) is 2.43. The molecule has 1 N–H and O–H groups in total. The smallest absolute Gasteiger partial charge is 0.0467 e. The van der Waals surface area contributed by atoms with Gasteiger partial charge in [-0.2, -0.15) is 0 Å². The lowest BCUT2D eigenvalue weighted by atomic mass is 10.1. The Kier molecular flexibility index (Phi) is 5.21. The molecule has 0 unspecified atom stereocenters. The minimum atomic E-state index is 0.866. The lowest BCUT2D eigenvalue weighted by Crippen LogP contribution is -2.19. The second-order valence-corrected chi connectivity index (χ2v) is 5.80. The van der Waals surface area contributed by atoms with E-state index in [1.807, 2.05) is 7.05 Å². The average molecular weight is 333 g/mol. The normalized spacial score (nSPS) is 10.6. The highest BCUT2D eigenvalue weighted by atomic mass is 79.9. The monoisotopic (exact) mass is 332 g/mol. The van der Waals surface area contributed by atoms with Crippen LogP contribution < -0.4 is 10.2 Å². The molecule has 3 heteroatoms. The fourth-order valence-electron chi connectivity index (χ4n) is 2.42. The molecule has 0 bridgehead atoms. The number of rotatable bonds is 5. The third-order valence-corrected chi connectivity index (χ3v) is 3.83. The maximum absolute atomic E-state index is 3.58. The van der Waals surface area contributed by atoms with E-state index in [1.54, 1.807) is 0 Å². The standard InChI is InChI=1S/C17H21BrN2/c1-4-20(16-7-5-6-13(2)10-16)17-11-15(18)9-8-14(17)12-19-3/h5-11,19H,4,12H2,1-3H3. The largest absolute Gasteiger partial charge is 0.341 e. The van der Waals surface area contributed by atoms with Crippen molar-refractivity contribution in [3.05, 3.63) is 58.1 Å². The van der Waals surface area contributed by atoms with Gasteiger partial charge < -0.3 is 10.2 Å². The molecule has 2 nitrogen and oxygen atoms in total. The highest BCUT2D eigenvalue weighted by Crippen LogP contribution is 2.31. The SMILES string of the molecule is CCN(c1cccc(C)c1)c1cc(Br)ccc1CNC. The van der Waals surface area contributed by atoms with Crippen LogP contribution in [0.1, 0.15) is 18.1 Å². The molecule has 20 heavy (non-hydrogen) atoms. The van der Waals surface area contributed by atoms with Crippen LogP contribution in [0.25, 0.3) is 0 Å². The predicted octanol–water partition coefficient (Wildman–Crippen LogP) is 4.63. The Balaban J connectivity index is 2.48. The molecule has 2 aromatic rings. The van der Waals surface area contributed by atoms with Crippen molar-refractivity contribution >= 4 is 27.3 Å². The van der Waals surface area contributed by atoms with Crippen LogP contribution in [0.4, 0.5) is 11.4 Å². The van der Waals surface area contributed by atoms with Gasteiger partial charge in [0.15, 0.2) is 0 Å². The van der Waals surface area contributed by atoms with Gasteiger partial charge in [-0.15, -0.1) is 0 Å². The third-order valence-electron chi connectivity index (χ3n) is 3.33. The van der Waals surface area contributed by atoms with Crippen LogP contribution >= 0.6 is 15.9 Å². The molecule has 0 saturated heterocycles. The summed E-state index contributed by atoms with van der Waals surface area (Å²) < 4.78 is 1.11. The molecule has 106 valence electrons. The number of hydrogen-bond acceptors (Lipinski definition) is 2. The van der Waals surface area contributed by atoms with Crippen molar-refractivity contribution in [2.45, 2.75) is 20.4 Å². The van der Waals surface area contributed by atoms with E-state index in [2.05, 4.69) is 82.5 Å². The summed E-state index contributed by atoms with van der Waals surface area (Å²) in [5.74, 6) is 0. The zero-order chi connectivity index (χ0) is 14.5. The molecule has 0 aliphatic carbocycles. The fourth-order valence-corrected chi connectivity index (χ4v) is 2.77. The molecule has 0 spiro atoms. The molecule has 0 saturated carbocycles. The Morgan fingerprint density at radius 3 is 2.60 bits per heavy atom. The van der Waals surface area contributed by atoms with E-state index in [0.717, 1.165) is 17.6 Å². The van der Waals surface area contributed by atoms with Crippen LogP contribution in [0, 0.1) is 6.92 Å². The van der Waals surface area contributed by atoms with Crippen molar-refractivity contribution in [3.8, 4) is 0 Å². The van der Waals surface area contributed by atoms with Gasteiger partial charge in [0.25, 0.3) is 0 Å². The lowest BCUT2D eigenvalue weighted by molar-refractivity contribution is 0.812. The molecule has 0 aliphatic heterocycles. The predicted molar refractivity (Wildman–Crippen MR) is 90.8 cm³/mol. The number of halogens is 1. The van der Waals surface area contributed by atoms with Gasteiger partial charge in [-0.05, 0) is 56.3 Å². The van der Waals surface area contributed by atoms with Gasteiger partial charge in [0.1, 0.15) is 0 Å². The minimum Gasteiger partial charge on any atom is -0.341 e. The number of nitrogens with one attached hydrogen (secondary N) is 1. The summed E-state index contributed by atoms with van der Waals surface area (Å²) in [5, 5.41) is 3.24. The first-order valence-electron chi connectivity index (χ1n) is 6.93. The number of benzene rings is 2. The van der Waals surface area contributed by atoms with E-state index in [0.29, 0.717) is 0 Å². The summed E-state index contributed by atoms with van der Waals surface area (Å²) in [4.78, 5) is 2.35. The molecule has 0 fully saturated rings. The zero-order valence-corrected chi connectivity index (χ0v) is 13.9. The molecular weight excluding hydrogens is 312 g/mol. The Morgan fingerprint density at radius 1 is 1.15 bits per heavy atom. The van der Waals surface area contributed by atoms with Gasteiger partial charge >= 0.3 is 0 Å². The number of nitrogens with zero attached hydrogens (tertiary/aromatic N) is 1. The molecule has 2 aromatic carbocycles. The minimum absolute atomic E-state index is 0.866. The lowest BCUT2D eigenvalue weighted by Gasteiger charge is -2.26. The molecule has 0 amide bonds. The molecule has 0 aliphatic rings. The summed E-state index contributed by atoms with van der Waals surface area (Å²) in [5.41, 5.74) is 5.08. The van der Waals surface area contributed by atoms with Crippen molar-refractivity contribution in [3.63, 3.8) is 0 Å². The summed E-state index contributed by atoms with van der Waals surface area (Å²) in [6.45, 7) is 6.13. The Labute approximate surface area is 129 Å². The van der Waals surface area contributed by atoms with E-state index in [1.165, 1.54) is 22.5 Å². The zero-order valence-electron chi connectivity index (χ0n) is 12.3. The number of hydrogen-bond donors (Lipinski definition) is 1. The molecule has 0 radical (unpaired) electrons. The molecule has 0 heterocycles. The van der Waals surface area contributed by atoms with Crippen LogP contribution in [0.5, 0.6) is 0 Å². The van der Waals surface area contributed by atoms with Gasteiger partial charge in [-0.1, -0.05) is 34.1 Å². The van der Waals surface area contributed by atoms with Crippen LogP contribution in [0.2, 0.25) is 0 Å². The molecule has 2 rings (SSSR count). The molecule has 0 atom stereocenters. The third kappa shape index (κ3) is 3.41. The summed E-state index contributed by atoms with van der Waals surface area (Å²) in [6.07, 6.45) is 0. The van der Waals surface area contributed by atoms with E-state index in [-0.39, 0.29) is 0 Å². The van der Waals surface area contributed by atoms with E-state index >= 15 is 0 Å². The van der Waals surface area contributed by atoms with Crippen LogP contribution in [0.15, 0.2) is 46.9 Å². The number of aryl methyl sites for hydroxylation is 1. The maximum atomic E-state index is 3.58.